The molecule has 0 aromatic heterocycles. The first-order valence-electron chi connectivity index (χ1n) is 7.15. The number of piperazine rings is 1. The Labute approximate surface area is 150 Å². The lowest BCUT2D eigenvalue weighted by Gasteiger charge is -2.35. The third-order valence-corrected chi connectivity index (χ3v) is 4.11. The van der Waals surface area contributed by atoms with Crippen molar-refractivity contribution in [3.63, 3.8) is 0 Å². The molecule has 2 rings (SSSR count). The maximum Gasteiger partial charge on any atom is 0.137 e. The van der Waals surface area contributed by atoms with Crippen molar-refractivity contribution in [1.29, 1.82) is 0 Å². The summed E-state index contributed by atoms with van der Waals surface area (Å²) in [6.07, 6.45) is 4.08. The van der Waals surface area contributed by atoms with Crippen molar-refractivity contribution in [1.82, 2.24) is 10.2 Å². The highest BCUT2D eigenvalue weighted by Gasteiger charge is 2.22. The Bertz CT molecular complexity index is 451. The van der Waals surface area contributed by atoms with Crippen molar-refractivity contribution < 1.29 is 4.74 Å². The van der Waals surface area contributed by atoms with Crippen molar-refractivity contribution in [3.05, 3.63) is 41.4 Å². The lowest BCUT2D eigenvalue weighted by Crippen LogP contribution is -2.45. The zero-order valence-electron chi connectivity index (χ0n) is 12.9. The topological polar surface area (TPSA) is 24.5 Å². The van der Waals surface area contributed by atoms with Gasteiger partial charge in [0.15, 0.2) is 0 Å². The van der Waals surface area contributed by atoms with E-state index in [1.807, 2.05) is 12.1 Å². The van der Waals surface area contributed by atoms with E-state index in [1.54, 1.807) is 7.11 Å². The Hall–Kier alpha value is -0.450. The number of hydrogen-bond donors (Lipinski definition) is 1. The Morgan fingerprint density at radius 2 is 2.05 bits per heavy atom. The third-order valence-electron chi connectivity index (χ3n) is 3.80. The fraction of sp³-hybridized carbons (Fsp3) is 0.500. The van der Waals surface area contributed by atoms with E-state index in [2.05, 4.69) is 28.9 Å². The molecule has 0 amide bonds. The first-order chi connectivity index (χ1) is 9.76. The minimum atomic E-state index is 0. The molecule has 126 valence electrons. The first-order valence-corrected chi connectivity index (χ1v) is 7.53. The smallest absolute Gasteiger partial charge is 0.137 e. The lowest BCUT2D eigenvalue weighted by molar-refractivity contribution is 0.166. The van der Waals surface area contributed by atoms with Gasteiger partial charge in [-0.3, -0.25) is 4.90 Å². The molecular weight excluding hydrogens is 343 g/mol. The summed E-state index contributed by atoms with van der Waals surface area (Å²) in [6, 6.07) is 6.51. The Morgan fingerprint density at radius 3 is 2.64 bits per heavy atom. The molecule has 1 fully saturated rings. The molecule has 1 saturated heterocycles. The SMILES string of the molecule is C=CCC[C@@H](c1ccc(Cl)c(OC)c1)N1CCNCC1.Cl.Cl. The van der Waals surface area contributed by atoms with Gasteiger partial charge in [-0.05, 0) is 30.5 Å². The van der Waals surface area contributed by atoms with Gasteiger partial charge in [0.2, 0.25) is 0 Å². The Balaban J connectivity index is 0.00000220. The minimum absolute atomic E-state index is 0. The van der Waals surface area contributed by atoms with Gasteiger partial charge in [-0.15, -0.1) is 31.4 Å². The summed E-state index contributed by atoms with van der Waals surface area (Å²) in [5, 5.41) is 4.07. The molecule has 1 aromatic carbocycles. The molecule has 22 heavy (non-hydrogen) atoms. The van der Waals surface area contributed by atoms with Crippen LogP contribution >= 0.6 is 36.4 Å². The second kappa shape index (κ2) is 11.1. The molecule has 0 spiro atoms. The average Bonchev–Trinajstić information content (AvgIpc) is 2.50. The molecular formula is C16H25Cl3N2O. The number of methoxy groups -OCH3 is 1. The normalized spacial score (nSPS) is 16.1. The second-order valence-corrected chi connectivity index (χ2v) is 5.47. The summed E-state index contributed by atoms with van der Waals surface area (Å²) in [5.74, 6) is 0.753. The van der Waals surface area contributed by atoms with Gasteiger partial charge in [0.25, 0.3) is 0 Å². The van der Waals surface area contributed by atoms with Gasteiger partial charge in [0.05, 0.1) is 12.1 Å². The van der Waals surface area contributed by atoms with E-state index >= 15 is 0 Å². The molecule has 0 bridgehead atoms. The van der Waals surface area contributed by atoms with Gasteiger partial charge in [0.1, 0.15) is 5.75 Å². The quantitative estimate of drug-likeness (QED) is 0.766. The first kappa shape index (κ1) is 21.6. The van der Waals surface area contributed by atoms with Crippen molar-refractivity contribution in [2.24, 2.45) is 0 Å². The Kier molecular flexibility index (Phi) is 10.9. The maximum atomic E-state index is 6.13. The Morgan fingerprint density at radius 1 is 1.36 bits per heavy atom. The highest BCUT2D eigenvalue weighted by atomic mass is 35.5. The van der Waals surface area contributed by atoms with Crippen molar-refractivity contribution in [3.8, 4) is 5.75 Å². The van der Waals surface area contributed by atoms with Gasteiger partial charge in [-0.2, -0.15) is 0 Å². The fourth-order valence-electron chi connectivity index (χ4n) is 2.71. The molecule has 1 heterocycles. The molecule has 3 nitrogen and oxygen atoms in total. The molecule has 1 aliphatic rings. The largest absolute Gasteiger partial charge is 0.495 e. The van der Waals surface area contributed by atoms with E-state index in [-0.39, 0.29) is 24.8 Å². The third kappa shape index (κ3) is 5.64. The monoisotopic (exact) mass is 366 g/mol. The fourth-order valence-corrected chi connectivity index (χ4v) is 2.91. The molecule has 0 aliphatic carbocycles. The number of halogens is 3. The molecule has 0 saturated carbocycles. The zero-order valence-corrected chi connectivity index (χ0v) is 15.3. The van der Waals surface area contributed by atoms with E-state index in [4.69, 9.17) is 16.3 Å². The van der Waals surface area contributed by atoms with Crippen LogP contribution in [0.2, 0.25) is 5.02 Å². The predicted molar refractivity (Wildman–Crippen MR) is 99.1 cm³/mol. The molecule has 1 N–H and O–H groups in total. The van der Waals surface area contributed by atoms with Gasteiger partial charge in [-0.25, -0.2) is 0 Å². The zero-order chi connectivity index (χ0) is 14.4. The van der Waals surface area contributed by atoms with Gasteiger partial charge in [0, 0.05) is 32.2 Å². The van der Waals surface area contributed by atoms with E-state index in [0.717, 1.165) is 44.8 Å². The summed E-state index contributed by atoms with van der Waals surface area (Å²) >= 11 is 6.13. The van der Waals surface area contributed by atoms with Gasteiger partial charge >= 0.3 is 0 Å². The van der Waals surface area contributed by atoms with Crippen LogP contribution in [0, 0.1) is 0 Å². The van der Waals surface area contributed by atoms with Crippen LogP contribution in [0.4, 0.5) is 0 Å². The number of ether oxygens (including phenoxy) is 1. The predicted octanol–water partition coefficient (Wildman–Crippen LogP) is 4.10. The van der Waals surface area contributed by atoms with Crippen LogP contribution in [-0.2, 0) is 0 Å². The molecule has 1 atom stereocenters. The van der Waals surface area contributed by atoms with Gasteiger partial charge < -0.3 is 10.1 Å². The van der Waals surface area contributed by atoms with Gasteiger partial charge in [-0.1, -0.05) is 23.7 Å². The maximum absolute atomic E-state index is 6.13. The molecule has 1 aromatic rings. The number of nitrogens with zero attached hydrogens (tertiary/aromatic N) is 1. The van der Waals surface area contributed by atoms with Crippen molar-refractivity contribution in [2.45, 2.75) is 18.9 Å². The number of nitrogens with one attached hydrogen (secondary N) is 1. The number of hydrogen-bond acceptors (Lipinski definition) is 3. The average molecular weight is 368 g/mol. The number of allylic oxidation sites excluding steroid dienone is 1. The van der Waals surface area contributed by atoms with Crippen molar-refractivity contribution >= 4 is 36.4 Å². The number of benzene rings is 1. The van der Waals surface area contributed by atoms with Crippen LogP contribution in [0.25, 0.3) is 0 Å². The molecule has 0 unspecified atom stereocenters. The van der Waals surface area contributed by atoms with Crippen LogP contribution in [0.15, 0.2) is 30.9 Å². The summed E-state index contributed by atoms with van der Waals surface area (Å²) in [5.41, 5.74) is 1.27. The van der Waals surface area contributed by atoms with Crippen LogP contribution in [-0.4, -0.2) is 38.2 Å². The standard InChI is InChI=1S/C16H23ClN2O.2ClH/c1-3-4-5-15(19-10-8-18-9-11-19)13-6-7-14(17)16(12-13)20-2;;/h3,6-7,12,15,18H,1,4-5,8-11H2,2H3;2*1H/t15-;;/m0../s1. The number of rotatable bonds is 6. The summed E-state index contributed by atoms with van der Waals surface area (Å²) in [6.45, 7) is 8.10. The highest BCUT2D eigenvalue weighted by Crippen LogP contribution is 2.32. The van der Waals surface area contributed by atoms with E-state index < -0.39 is 0 Å². The van der Waals surface area contributed by atoms with E-state index in [1.165, 1.54) is 5.56 Å². The van der Waals surface area contributed by atoms with E-state index in [0.29, 0.717) is 11.1 Å². The highest BCUT2D eigenvalue weighted by molar-refractivity contribution is 6.32. The van der Waals surface area contributed by atoms with Crippen LogP contribution in [0.3, 0.4) is 0 Å². The summed E-state index contributed by atoms with van der Waals surface area (Å²) < 4.78 is 5.34. The van der Waals surface area contributed by atoms with Crippen LogP contribution < -0.4 is 10.1 Å². The summed E-state index contributed by atoms with van der Waals surface area (Å²) in [4.78, 5) is 2.53. The van der Waals surface area contributed by atoms with Crippen LogP contribution in [0.1, 0.15) is 24.4 Å². The minimum Gasteiger partial charge on any atom is -0.495 e. The van der Waals surface area contributed by atoms with E-state index in [9.17, 15) is 0 Å². The lowest BCUT2D eigenvalue weighted by atomic mass is 9.99. The molecule has 0 radical (unpaired) electrons. The molecule has 6 heteroatoms. The van der Waals surface area contributed by atoms with Crippen molar-refractivity contribution in [2.75, 3.05) is 33.3 Å². The van der Waals surface area contributed by atoms with Crippen LogP contribution in [0.5, 0.6) is 5.75 Å². The molecule has 1 aliphatic heterocycles. The second-order valence-electron chi connectivity index (χ2n) is 5.06. The summed E-state index contributed by atoms with van der Waals surface area (Å²) in [7, 11) is 1.66.